The molecule has 0 saturated heterocycles. The number of nitrogen functional groups attached to an aromatic ring is 1. The van der Waals surface area contributed by atoms with Crippen molar-refractivity contribution in [1.29, 1.82) is 0 Å². The average Bonchev–Trinajstić information content (AvgIpc) is 2.48. The van der Waals surface area contributed by atoms with E-state index in [0.717, 1.165) is 17.8 Å². The van der Waals surface area contributed by atoms with Crippen LogP contribution in [0.3, 0.4) is 0 Å². The van der Waals surface area contributed by atoms with Crippen LogP contribution in [-0.4, -0.2) is 15.0 Å². The molecule has 0 amide bonds. The van der Waals surface area contributed by atoms with Gasteiger partial charge >= 0.3 is 0 Å². The van der Waals surface area contributed by atoms with Crippen molar-refractivity contribution in [3.8, 4) is 0 Å². The van der Waals surface area contributed by atoms with E-state index in [-0.39, 0.29) is 4.90 Å². The SMILES string of the molecule is CCCNS(=O)(=O)c1ccc(Nc2ccc(N)cc2)cc1. The highest BCUT2D eigenvalue weighted by Gasteiger charge is 2.12. The predicted molar refractivity (Wildman–Crippen MR) is 86.1 cm³/mol. The fraction of sp³-hybridized carbons (Fsp3) is 0.200. The molecule has 6 heteroatoms. The Kier molecular flexibility index (Phi) is 4.82. The third kappa shape index (κ3) is 4.21. The third-order valence-corrected chi connectivity index (χ3v) is 4.38. The second kappa shape index (κ2) is 6.60. The monoisotopic (exact) mass is 305 g/mol. The summed E-state index contributed by atoms with van der Waals surface area (Å²) in [6.07, 6.45) is 0.760. The summed E-state index contributed by atoms with van der Waals surface area (Å²) in [5.74, 6) is 0. The molecule has 2 rings (SSSR count). The highest BCUT2D eigenvalue weighted by atomic mass is 32.2. The van der Waals surface area contributed by atoms with Gasteiger partial charge in [0.25, 0.3) is 0 Å². The Hall–Kier alpha value is -2.05. The van der Waals surface area contributed by atoms with Gasteiger partial charge in [-0.2, -0.15) is 0 Å². The molecule has 0 spiro atoms. The van der Waals surface area contributed by atoms with Crippen LogP contribution in [0.2, 0.25) is 0 Å². The van der Waals surface area contributed by atoms with Crippen molar-refractivity contribution >= 4 is 27.1 Å². The average molecular weight is 305 g/mol. The van der Waals surface area contributed by atoms with E-state index < -0.39 is 10.0 Å². The van der Waals surface area contributed by atoms with Crippen LogP contribution in [-0.2, 0) is 10.0 Å². The maximum absolute atomic E-state index is 12.0. The number of nitrogens with one attached hydrogen (secondary N) is 2. The fourth-order valence-electron chi connectivity index (χ4n) is 1.77. The van der Waals surface area contributed by atoms with Gasteiger partial charge in [-0.15, -0.1) is 0 Å². The lowest BCUT2D eigenvalue weighted by atomic mass is 10.2. The Morgan fingerprint density at radius 2 is 1.48 bits per heavy atom. The summed E-state index contributed by atoms with van der Waals surface area (Å²) < 4.78 is 26.4. The number of hydrogen-bond acceptors (Lipinski definition) is 4. The predicted octanol–water partition coefficient (Wildman–Crippen LogP) is 2.70. The van der Waals surface area contributed by atoms with E-state index in [2.05, 4.69) is 10.0 Å². The number of nitrogens with two attached hydrogens (primary N) is 1. The molecule has 0 aliphatic heterocycles. The van der Waals surface area contributed by atoms with Crippen LogP contribution in [0.5, 0.6) is 0 Å². The quantitative estimate of drug-likeness (QED) is 0.716. The first-order chi connectivity index (χ1) is 10.0. The summed E-state index contributed by atoms with van der Waals surface area (Å²) in [7, 11) is -3.41. The molecule has 21 heavy (non-hydrogen) atoms. The van der Waals surface area contributed by atoms with Crippen LogP contribution < -0.4 is 15.8 Å². The van der Waals surface area contributed by atoms with Crippen LogP contribution in [0.15, 0.2) is 53.4 Å². The van der Waals surface area contributed by atoms with Gasteiger partial charge in [0.15, 0.2) is 0 Å². The third-order valence-electron chi connectivity index (χ3n) is 2.91. The van der Waals surface area contributed by atoms with Gasteiger partial charge in [0, 0.05) is 23.6 Å². The number of benzene rings is 2. The summed E-state index contributed by atoms with van der Waals surface area (Å²) >= 11 is 0. The fourth-order valence-corrected chi connectivity index (χ4v) is 2.90. The smallest absolute Gasteiger partial charge is 0.240 e. The van der Waals surface area contributed by atoms with E-state index in [0.29, 0.717) is 12.2 Å². The Morgan fingerprint density at radius 1 is 0.952 bits per heavy atom. The summed E-state index contributed by atoms with van der Waals surface area (Å²) in [5, 5.41) is 3.18. The molecular formula is C15H19N3O2S. The molecule has 0 aliphatic carbocycles. The zero-order chi connectivity index (χ0) is 15.3. The van der Waals surface area contributed by atoms with Crippen molar-refractivity contribution in [1.82, 2.24) is 4.72 Å². The molecule has 0 saturated carbocycles. The van der Waals surface area contributed by atoms with Gasteiger partial charge in [-0.1, -0.05) is 6.92 Å². The van der Waals surface area contributed by atoms with Crippen LogP contribution in [0.25, 0.3) is 0 Å². The molecule has 0 aromatic heterocycles. The van der Waals surface area contributed by atoms with E-state index in [1.54, 1.807) is 36.4 Å². The first kappa shape index (κ1) is 15.3. The molecule has 0 heterocycles. The molecule has 4 N–H and O–H groups in total. The Morgan fingerprint density at radius 3 is 2.00 bits per heavy atom. The largest absolute Gasteiger partial charge is 0.399 e. The molecule has 0 aliphatic rings. The molecule has 0 atom stereocenters. The standard InChI is InChI=1S/C15H19N3O2S/c1-2-11-17-21(19,20)15-9-7-14(8-10-15)18-13-5-3-12(16)4-6-13/h3-10,17-18H,2,11,16H2,1H3. The maximum atomic E-state index is 12.0. The molecular weight excluding hydrogens is 286 g/mol. The normalized spacial score (nSPS) is 11.3. The van der Waals surface area contributed by atoms with E-state index >= 15 is 0 Å². The molecule has 2 aromatic carbocycles. The van der Waals surface area contributed by atoms with E-state index in [9.17, 15) is 8.42 Å². The van der Waals surface area contributed by atoms with Crippen LogP contribution in [0.1, 0.15) is 13.3 Å². The zero-order valence-corrected chi connectivity index (χ0v) is 12.7. The Bertz CT molecular complexity index is 680. The minimum absolute atomic E-state index is 0.263. The number of hydrogen-bond donors (Lipinski definition) is 3. The lowest BCUT2D eigenvalue weighted by molar-refractivity contribution is 0.581. The lowest BCUT2D eigenvalue weighted by Crippen LogP contribution is -2.24. The Labute approximate surface area is 125 Å². The summed E-state index contributed by atoms with van der Waals surface area (Å²) in [6, 6.07) is 14.0. The van der Waals surface area contributed by atoms with E-state index in [4.69, 9.17) is 5.73 Å². The van der Waals surface area contributed by atoms with Gasteiger partial charge in [0.2, 0.25) is 10.0 Å². The summed E-state index contributed by atoms with van der Waals surface area (Å²) in [5.41, 5.74) is 8.03. The number of sulfonamides is 1. The summed E-state index contributed by atoms with van der Waals surface area (Å²) in [4.78, 5) is 0.263. The van der Waals surface area contributed by atoms with Gasteiger partial charge in [-0.25, -0.2) is 13.1 Å². The van der Waals surface area contributed by atoms with Crippen molar-refractivity contribution < 1.29 is 8.42 Å². The molecule has 5 nitrogen and oxygen atoms in total. The molecule has 112 valence electrons. The second-order valence-corrected chi connectivity index (χ2v) is 6.44. The van der Waals surface area contributed by atoms with Gasteiger partial charge in [-0.3, -0.25) is 0 Å². The van der Waals surface area contributed by atoms with Gasteiger partial charge in [-0.05, 0) is 55.0 Å². The molecule has 0 radical (unpaired) electrons. The van der Waals surface area contributed by atoms with Crippen LogP contribution >= 0.6 is 0 Å². The van der Waals surface area contributed by atoms with Gasteiger partial charge < -0.3 is 11.1 Å². The van der Waals surface area contributed by atoms with Crippen LogP contribution in [0.4, 0.5) is 17.1 Å². The highest BCUT2D eigenvalue weighted by molar-refractivity contribution is 7.89. The first-order valence-electron chi connectivity index (χ1n) is 6.73. The minimum Gasteiger partial charge on any atom is -0.399 e. The van der Waals surface area contributed by atoms with Crippen molar-refractivity contribution in [3.63, 3.8) is 0 Å². The van der Waals surface area contributed by atoms with Crippen molar-refractivity contribution in [2.75, 3.05) is 17.6 Å². The molecule has 0 fully saturated rings. The number of rotatable bonds is 6. The first-order valence-corrected chi connectivity index (χ1v) is 8.22. The molecule has 0 unspecified atom stereocenters. The molecule has 0 bridgehead atoms. The lowest BCUT2D eigenvalue weighted by Gasteiger charge is -2.09. The number of anilines is 3. The van der Waals surface area contributed by atoms with Crippen LogP contribution in [0, 0.1) is 0 Å². The van der Waals surface area contributed by atoms with E-state index in [1.165, 1.54) is 0 Å². The zero-order valence-electron chi connectivity index (χ0n) is 11.8. The van der Waals surface area contributed by atoms with Crippen molar-refractivity contribution in [2.24, 2.45) is 0 Å². The maximum Gasteiger partial charge on any atom is 0.240 e. The highest BCUT2D eigenvalue weighted by Crippen LogP contribution is 2.19. The minimum atomic E-state index is -3.41. The van der Waals surface area contributed by atoms with Gasteiger partial charge in [0.05, 0.1) is 4.90 Å². The summed E-state index contributed by atoms with van der Waals surface area (Å²) in [6.45, 7) is 2.36. The molecule has 2 aromatic rings. The topological polar surface area (TPSA) is 84.2 Å². The Balaban J connectivity index is 2.10. The van der Waals surface area contributed by atoms with E-state index in [1.807, 2.05) is 19.1 Å². The second-order valence-electron chi connectivity index (χ2n) is 4.67. The van der Waals surface area contributed by atoms with Crippen molar-refractivity contribution in [2.45, 2.75) is 18.2 Å². The van der Waals surface area contributed by atoms with Crippen molar-refractivity contribution in [3.05, 3.63) is 48.5 Å². The van der Waals surface area contributed by atoms with Gasteiger partial charge in [0.1, 0.15) is 0 Å².